The lowest BCUT2D eigenvalue weighted by Crippen LogP contribution is -2.27. The maximum Gasteiger partial charge on any atom is 0.270 e. The maximum atomic E-state index is 13.3. The Balaban J connectivity index is 0.000000208. The Morgan fingerprint density at radius 1 is 0.248 bits per heavy atom. The molecule has 744 valence electrons. The average Bonchev–Trinajstić information content (AvgIpc) is 1.53. The highest BCUT2D eigenvalue weighted by Gasteiger charge is 2.59. The van der Waals surface area contributed by atoms with Gasteiger partial charge in [-0.15, -0.1) is 0 Å². The minimum atomic E-state index is -0.817. The summed E-state index contributed by atoms with van der Waals surface area (Å²) in [5.74, 6) is 2.43. The quantitative estimate of drug-likeness (QED) is 0.0216. The van der Waals surface area contributed by atoms with Crippen molar-refractivity contribution in [1.82, 2.24) is 0 Å². The number of aromatic hydroxyl groups is 5. The Kier molecular flexibility index (Phi) is 28.6. The van der Waals surface area contributed by atoms with E-state index in [0.29, 0.717) is 75.7 Å². The third-order valence-corrected chi connectivity index (χ3v) is 26.0. The second-order valence-corrected chi connectivity index (χ2v) is 38.6. The molecular formula is C120H99F3N12O14. The molecule has 20 rings (SSSR count). The van der Waals surface area contributed by atoms with Gasteiger partial charge in [0.25, 0.3) is 11.4 Å². The molecule has 4 aliphatic rings. The molecule has 16 aromatic carbocycles. The Labute approximate surface area is 857 Å². The van der Waals surface area contributed by atoms with Gasteiger partial charge < -0.3 is 103 Å². The molecule has 29 heteroatoms. The number of nitriles is 4. The van der Waals surface area contributed by atoms with Crippen molar-refractivity contribution < 1.29 is 81.3 Å². The largest absolute Gasteiger partial charge is 0.508 e. The SMILES string of the molecule is CC1(C)CC2(CC(C)(C)c3cc(O)c(O)cc32)c2cc(O)c(O)cc21.N#Cc1c(F)cccc1F.N#Cc1c(F)cccc1Oc1cccc(N)c1.Nc1cccc(O)c1.[C-]#[N+]c1c(Oc2cccc(N)c2)cccc1Oc1cc2c(cc1Oc1cccc(Oc3cccc(N)c3)c1[N+]#[C-])C1(CC(C)(C)c3cc(Oc4cccc(Oc5cccc(N)c5)c4C#N)c(Oc4cccc(Oc5cccc(N)c5)c4C#N)cc31)CC2(C)C. The molecule has 4 aliphatic carbocycles. The van der Waals surface area contributed by atoms with E-state index in [0.717, 1.165) is 69.5 Å². The van der Waals surface area contributed by atoms with Crippen molar-refractivity contribution in [2.24, 2.45) is 0 Å². The van der Waals surface area contributed by atoms with E-state index in [1.165, 1.54) is 36.4 Å². The zero-order chi connectivity index (χ0) is 106. The van der Waals surface area contributed by atoms with Crippen LogP contribution in [-0.4, -0.2) is 25.5 Å². The van der Waals surface area contributed by atoms with Crippen molar-refractivity contribution in [2.45, 2.75) is 114 Å². The molecule has 0 saturated carbocycles. The lowest BCUT2D eigenvalue weighted by atomic mass is 9.72. The van der Waals surface area contributed by atoms with Gasteiger partial charge in [0.2, 0.25) is 0 Å². The van der Waals surface area contributed by atoms with Gasteiger partial charge in [-0.1, -0.05) is 128 Å². The summed E-state index contributed by atoms with van der Waals surface area (Å²) in [4.78, 5) is 7.85. The van der Waals surface area contributed by atoms with Crippen LogP contribution in [0.3, 0.4) is 0 Å². The molecule has 0 bridgehead atoms. The van der Waals surface area contributed by atoms with Crippen LogP contribution in [0.25, 0.3) is 9.69 Å². The number of halogens is 3. The molecule has 1 unspecified atom stereocenters. The van der Waals surface area contributed by atoms with E-state index in [4.69, 9.17) is 106 Å². The van der Waals surface area contributed by atoms with Crippen molar-refractivity contribution in [3.63, 3.8) is 0 Å². The molecule has 0 heterocycles. The molecule has 0 aliphatic heterocycles. The number of anilines is 6. The number of benzene rings is 16. The van der Waals surface area contributed by atoms with Gasteiger partial charge in [0, 0.05) is 81.4 Å². The fourth-order valence-corrected chi connectivity index (χ4v) is 20.0. The predicted octanol–water partition coefficient (Wildman–Crippen LogP) is 28.9. The normalized spacial score (nSPS) is 14.4. The van der Waals surface area contributed by atoms with Crippen LogP contribution in [0.5, 0.6) is 132 Å². The predicted molar refractivity (Wildman–Crippen MR) is 562 cm³/mol. The first-order valence-corrected chi connectivity index (χ1v) is 46.7. The maximum absolute atomic E-state index is 13.3. The van der Waals surface area contributed by atoms with Crippen LogP contribution in [-0.2, 0) is 32.5 Å². The number of nitrogens with two attached hydrogens (primary N) is 6. The zero-order valence-electron chi connectivity index (χ0n) is 81.9. The summed E-state index contributed by atoms with van der Waals surface area (Å²) < 4.78 is 96.4. The minimum absolute atomic E-state index is 0.0815. The molecule has 149 heavy (non-hydrogen) atoms. The van der Waals surface area contributed by atoms with Crippen LogP contribution >= 0.6 is 0 Å². The first-order valence-electron chi connectivity index (χ1n) is 46.7. The van der Waals surface area contributed by atoms with Crippen LogP contribution in [0, 0.1) is 75.9 Å². The standard InChI is InChI=1S/C73H56N8O8.C21H24O4.C13H9FN2O.C7H3F2N.C6H7NO/c1-71(2)41-73(55-37-67(87-60-26-12-24-58(52(60)40-75)83-48-20-8-16-44(77)32-48)65(35-53(55)71)86-59-25-11-23-57(51(59)39-74)82-47-19-7-15-43(76)31-47)42-72(3,4)54-36-66(88-63-29-13-27-61(69(63)80-5)84-49-21-9-17-45(78)33-49)68(38-56(54)73)89-64-30-14-28-62(70(64)81-6)85-50-22-10-18-46(79)34-50;1-19(2)9-21(13-7-17(24)15(22)5-11(13)19)10-20(3,4)12-6-16(23)18(25)8-14(12)21;14-12-5-2-6-13(11(12)8-15)17-10-4-1-3-9(16)7-10;8-6-2-1-3-7(9)5(6)4-10;7-5-2-1-3-6(8)4-5/h7-38H,41-42,76-79H2,1-4H3;5-8,22-25H,9-10H2,1-4H3;1-7H,16H2;1-3H;1-4,8H,7H2. The molecule has 0 aromatic heterocycles. The summed E-state index contributed by atoms with van der Waals surface area (Å²) >= 11 is 0. The summed E-state index contributed by atoms with van der Waals surface area (Å²) in [7, 11) is 0. The topological polar surface area (TPSA) is 444 Å². The van der Waals surface area contributed by atoms with Gasteiger partial charge in [-0.3, -0.25) is 0 Å². The second kappa shape index (κ2) is 41.7. The van der Waals surface area contributed by atoms with Crippen LogP contribution in [0.1, 0.15) is 148 Å². The first-order chi connectivity index (χ1) is 71.2. The van der Waals surface area contributed by atoms with Gasteiger partial charge in [-0.2, -0.15) is 21.0 Å². The van der Waals surface area contributed by atoms with Gasteiger partial charge in [-0.05, 0) is 286 Å². The molecule has 1 atom stereocenters. The summed E-state index contributed by atoms with van der Waals surface area (Å²) in [5.41, 5.74) is 43.3. The van der Waals surface area contributed by atoms with E-state index in [1.807, 2.05) is 24.3 Å². The van der Waals surface area contributed by atoms with Crippen molar-refractivity contribution in [3.05, 3.63) is 410 Å². The molecule has 2 spiro atoms. The molecule has 16 aromatic rings. The summed E-state index contributed by atoms with van der Waals surface area (Å²) in [5, 5.41) is 87.7. The number of para-hydroxylation sites is 2. The van der Waals surface area contributed by atoms with E-state index < -0.39 is 39.3 Å². The third-order valence-electron chi connectivity index (χ3n) is 26.0. The number of ether oxygens (including phenoxy) is 9. The van der Waals surface area contributed by atoms with Crippen LogP contribution < -0.4 is 77.0 Å². The van der Waals surface area contributed by atoms with Gasteiger partial charge in [0.05, 0.1) is 13.1 Å². The van der Waals surface area contributed by atoms with Crippen LogP contribution in [0.15, 0.2) is 303 Å². The fraction of sp³-hybridized carbons (Fsp3) is 0.150. The minimum Gasteiger partial charge on any atom is -0.508 e. The highest BCUT2D eigenvalue weighted by molar-refractivity contribution is 5.75. The van der Waals surface area contributed by atoms with Gasteiger partial charge in [0.1, 0.15) is 150 Å². The van der Waals surface area contributed by atoms with Crippen molar-refractivity contribution in [2.75, 3.05) is 34.4 Å². The fourth-order valence-electron chi connectivity index (χ4n) is 20.0. The molecular weight excluding hydrogens is 1890 g/mol. The summed E-state index contributed by atoms with van der Waals surface area (Å²) in [6, 6.07) is 91.0. The van der Waals surface area contributed by atoms with E-state index in [1.54, 1.807) is 243 Å². The van der Waals surface area contributed by atoms with E-state index in [2.05, 4.69) is 77.2 Å². The number of rotatable bonds is 18. The van der Waals surface area contributed by atoms with E-state index >= 15 is 0 Å². The second-order valence-electron chi connectivity index (χ2n) is 38.6. The summed E-state index contributed by atoms with van der Waals surface area (Å²) in [6.07, 6.45) is 2.80. The van der Waals surface area contributed by atoms with Crippen molar-refractivity contribution in [3.8, 4) is 157 Å². The molecule has 26 nitrogen and oxygen atoms in total. The molecule has 0 amide bonds. The monoisotopic (exact) mass is 1990 g/mol. The first kappa shape index (κ1) is 102. The van der Waals surface area contributed by atoms with Gasteiger partial charge in [-0.25, -0.2) is 22.9 Å². The lowest BCUT2D eigenvalue weighted by molar-refractivity contribution is 0.348. The molecule has 0 radical (unpaired) electrons. The Hall–Kier alpha value is -19.8. The van der Waals surface area contributed by atoms with Gasteiger partial charge in [0.15, 0.2) is 46.0 Å². The number of phenolic OH excluding ortho intramolecular Hbond substituents is 5. The van der Waals surface area contributed by atoms with Crippen molar-refractivity contribution >= 4 is 45.5 Å². The number of nitrogens with zero attached hydrogens (tertiary/aromatic N) is 6. The third kappa shape index (κ3) is 21.5. The number of phenols is 5. The smallest absolute Gasteiger partial charge is 0.270 e. The lowest BCUT2D eigenvalue weighted by Gasteiger charge is -2.31. The Bertz CT molecular complexity index is 7830. The number of hydrogen-bond acceptors (Lipinski definition) is 24. The molecule has 0 saturated heterocycles. The van der Waals surface area contributed by atoms with Crippen LogP contribution in [0.4, 0.5) is 58.7 Å². The number of hydrogen-bond donors (Lipinski definition) is 11. The number of nitrogen functional groups attached to an aromatic ring is 6. The number of fused-ring (bicyclic) bond motifs is 8. The van der Waals surface area contributed by atoms with Crippen LogP contribution in [0.2, 0.25) is 0 Å². The molecule has 0 fully saturated rings. The molecule has 17 N–H and O–H groups in total. The Morgan fingerprint density at radius 3 is 0.725 bits per heavy atom. The Morgan fingerprint density at radius 2 is 0.456 bits per heavy atom. The average molecular weight is 1990 g/mol. The van der Waals surface area contributed by atoms with Gasteiger partial charge >= 0.3 is 0 Å². The highest BCUT2D eigenvalue weighted by atomic mass is 19.1. The van der Waals surface area contributed by atoms with Crippen molar-refractivity contribution in [1.29, 1.82) is 21.0 Å². The summed E-state index contributed by atoms with van der Waals surface area (Å²) in [6.45, 7) is 34.2. The zero-order valence-corrected chi connectivity index (χ0v) is 81.9. The highest BCUT2D eigenvalue weighted by Crippen LogP contribution is 2.68. The van der Waals surface area contributed by atoms with E-state index in [-0.39, 0.29) is 148 Å². The van der Waals surface area contributed by atoms with E-state index in [9.17, 15) is 44.1 Å².